The van der Waals surface area contributed by atoms with Crippen LogP contribution < -0.4 is 5.32 Å². The Morgan fingerprint density at radius 2 is 1.95 bits per heavy atom. The predicted octanol–water partition coefficient (Wildman–Crippen LogP) is 0.814. The molecule has 3 rings (SSSR count). The number of rotatable bonds is 3. The Kier molecular flexibility index (Phi) is 3.56. The normalized spacial score (nSPS) is 23.4. The summed E-state index contributed by atoms with van der Waals surface area (Å²) in [6.07, 6.45) is -1.30. The number of aliphatic hydroxyl groups excluding tert-OH is 2. The van der Waals surface area contributed by atoms with Gasteiger partial charge in [0.15, 0.2) is 0 Å². The molecule has 3 N–H and O–H groups in total. The summed E-state index contributed by atoms with van der Waals surface area (Å²) in [5, 5.41) is 23.5. The Morgan fingerprint density at radius 3 is 2.65 bits per heavy atom. The van der Waals surface area contributed by atoms with E-state index in [9.17, 15) is 10.2 Å². The first-order valence-electron chi connectivity index (χ1n) is 6.82. The first-order valence-corrected chi connectivity index (χ1v) is 6.82. The zero-order valence-corrected chi connectivity index (χ0v) is 11.5. The van der Waals surface area contributed by atoms with Crippen molar-refractivity contribution < 1.29 is 10.2 Å². The molecule has 0 spiro atoms. The van der Waals surface area contributed by atoms with Gasteiger partial charge in [-0.1, -0.05) is 18.2 Å². The number of nitrogens with zero attached hydrogens (tertiary/aromatic N) is 2. The van der Waals surface area contributed by atoms with Gasteiger partial charge in [-0.3, -0.25) is 4.90 Å². The van der Waals surface area contributed by atoms with Gasteiger partial charge in [0.05, 0.1) is 17.7 Å². The molecule has 106 valence electrons. The average Bonchev–Trinajstić information content (AvgIpc) is 2.76. The van der Waals surface area contributed by atoms with E-state index in [-0.39, 0.29) is 0 Å². The van der Waals surface area contributed by atoms with Crippen LogP contribution in [0.25, 0.3) is 10.9 Å². The van der Waals surface area contributed by atoms with Crippen molar-refractivity contribution in [3.63, 3.8) is 0 Å². The van der Waals surface area contributed by atoms with Crippen LogP contribution in [-0.4, -0.2) is 52.4 Å². The Morgan fingerprint density at radius 1 is 1.25 bits per heavy atom. The number of para-hydroxylation sites is 1. The molecular formula is C15H19N3O2. The van der Waals surface area contributed by atoms with Crippen molar-refractivity contribution in [2.24, 2.45) is 0 Å². The number of benzene rings is 1. The second-order valence-electron chi connectivity index (χ2n) is 5.27. The predicted molar refractivity (Wildman–Crippen MR) is 78.6 cm³/mol. The van der Waals surface area contributed by atoms with E-state index < -0.39 is 12.2 Å². The molecular weight excluding hydrogens is 254 g/mol. The van der Waals surface area contributed by atoms with Crippen LogP contribution in [0.4, 0.5) is 5.82 Å². The van der Waals surface area contributed by atoms with Crippen LogP contribution in [0, 0.1) is 0 Å². The fraction of sp³-hybridized carbons (Fsp3) is 0.400. The van der Waals surface area contributed by atoms with Gasteiger partial charge in [-0.25, -0.2) is 4.98 Å². The van der Waals surface area contributed by atoms with Crippen molar-refractivity contribution >= 4 is 16.7 Å². The molecule has 5 nitrogen and oxygen atoms in total. The average molecular weight is 273 g/mol. The second-order valence-corrected chi connectivity index (χ2v) is 5.27. The highest BCUT2D eigenvalue weighted by molar-refractivity contribution is 5.81. The zero-order valence-electron chi connectivity index (χ0n) is 11.5. The molecule has 0 radical (unpaired) electrons. The third kappa shape index (κ3) is 2.47. The second kappa shape index (κ2) is 5.36. The molecule has 0 amide bonds. The lowest BCUT2D eigenvalue weighted by Gasteiger charge is -2.17. The molecule has 0 saturated carbocycles. The molecule has 20 heavy (non-hydrogen) atoms. The van der Waals surface area contributed by atoms with E-state index >= 15 is 0 Å². The van der Waals surface area contributed by atoms with Gasteiger partial charge in [0, 0.05) is 37.6 Å². The number of anilines is 1. The number of aromatic nitrogens is 1. The van der Waals surface area contributed by atoms with Crippen LogP contribution in [0.15, 0.2) is 30.3 Å². The van der Waals surface area contributed by atoms with E-state index in [1.54, 1.807) is 0 Å². The number of pyridine rings is 1. The maximum absolute atomic E-state index is 9.62. The Labute approximate surface area is 117 Å². The van der Waals surface area contributed by atoms with Gasteiger partial charge in [-0.15, -0.1) is 0 Å². The summed E-state index contributed by atoms with van der Waals surface area (Å²) in [5.74, 6) is 0.847. The van der Waals surface area contributed by atoms with Gasteiger partial charge >= 0.3 is 0 Å². The minimum Gasteiger partial charge on any atom is -0.389 e. The summed E-state index contributed by atoms with van der Waals surface area (Å²) in [7, 11) is 1.86. The molecule has 5 heteroatoms. The number of β-amino-alcohol motifs (C(OH)–C–C–N with tert-alkyl or cyclic N) is 2. The number of likely N-dealkylation sites (tertiary alicyclic amines) is 1. The van der Waals surface area contributed by atoms with Crippen LogP contribution in [-0.2, 0) is 6.54 Å². The third-order valence-corrected chi connectivity index (χ3v) is 3.77. The summed E-state index contributed by atoms with van der Waals surface area (Å²) in [4.78, 5) is 6.65. The Hall–Kier alpha value is -1.69. The topological polar surface area (TPSA) is 68.6 Å². The number of nitrogens with one attached hydrogen (secondary N) is 1. The number of fused-ring (bicyclic) bond motifs is 1. The highest BCUT2D eigenvalue weighted by atomic mass is 16.3. The van der Waals surface area contributed by atoms with Crippen LogP contribution in [0.5, 0.6) is 0 Å². The van der Waals surface area contributed by atoms with Crippen molar-refractivity contribution in [2.75, 3.05) is 25.5 Å². The summed E-state index contributed by atoms with van der Waals surface area (Å²) in [6.45, 7) is 1.66. The molecule has 2 unspecified atom stereocenters. The maximum Gasteiger partial charge on any atom is 0.130 e. The Balaban J connectivity index is 1.90. The van der Waals surface area contributed by atoms with Gasteiger partial charge < -0.3 is 15.5 Å². The minimum absolute atomic E-state index is 0.497. The molecule has 0 bridgehead atoms. The van der Waals surface area contributed by atoms with Crippen molar-refractivity contribution in [1.82, 2.24) is 9.88 Å². The molecule has 1 aromatic carbocycles. The van der Waals surface area contributed by atoms with E-state index in [1.165, 1.54) is 0 Å². The standard InChI is InChI=1S/C15H19N3O2/c1-16-15-11(7-18-8-13(19)14(20)9-18)6-10-4-2-3-5-12(10)17-15/h2-6,13-14,19-20H,7-9H2,1H3,(H,16,17). The van der Waals surface area contributed by atoms with Crippen LogP contribution >= 0.6 is 0 Å². The van der Waals surface area contributed by atoms with Crippen molar-refractivity contribution in [1.29, 1.82) is 0 Å². The molecule has 1 saturated heterocycles. The molecule has 1 aliphatic rings. The highest BCUT2D eigenvalue weighted by Gasteiger charge is 2.29. The van der Waals surface area contributed by atoms with Crippen LogP contribution in [0.3, 0.4) is 0 Å². The molecule has 1 aromatic heterocycles. The summed E-state index contributed by atoms with van der Waals surface area (Å²) < 4.78 is 0. The minimum atomic E-state index is -0.651. The molecule has 0 aliphatic carbocycles. The smallest absolute Gasteiger partial charge is 0.130 e. The van der Waals surface area contributed by atoms with E-state index in [0.717, 1.165) is 22.3 Å². The fourth-order valence-corrected chi connectivity index (χ4v) is 2.71. The molecule has 1 fully saturated rings. The Bertz CT molecular complexity index is 607. The summed E-state index contributed by atoms with van der Waals surface area (Å²) in [6, 6.07) is 10.1. The first-order chi connectivity index (χ1) is 9.67. The van der Waals surface area contributed by atoms with Gasteiger partial charge in [0.1, 0.15) is 5.82 Å². The van der Waals surface area contributed by atoms with Crippen molar-refractivity contribution in [2.45, 2.75) is 18.8 Å². The lowest BCUT2D eigenvalue weighted by atomic mass is 10.1. The van der Waals surface area contributed by atoms with Crippen molar-refractivity contribution in [3.8, 4) is 0 Å². The zero-order chi connectivity index (χ0) is 14.1. The molecule has 2 heterocycles. The number of aliphatic hydroxyl groups is 2. The monoisotopic (exact) mass is 273 g/mol. The largest absolute Gasteiger partial charge is 0.389 e. The first kappa shape index (κ1) is 13.3. The lowest BCUT2D eigenvalue weighted by Crippen LogP contribution is -2.22. The van der Waals surface area contributed by atoms with Crippen molar-refractivity contribution in [3.05, 3.63) is 35.9 Å². The number of hydrogen-bond acceptors (Lipinski definition) is 5. The van der Waals surface area contributed by atoms with Gasteiger partial charge in [-0.05, 0) is 12.1 Å². The van der Waals surface area contributed by atoms with Gasteiger partial charge in [0.2, 0.25) is 0 Å². The van der Waals surface area contributed by atoms with E-state index in [0.29, 0.717) is 19.6 Å². The summed E-state index contributed by atoms with van der Waals surface area (Å²) in [5.41, 5.74) is 2.04. The van der Waals surface area contributed by atoms with Gasteiger partial charge in [-0.2, -0.15) is 0 Å². The van der Waals surface area contributed by atoms with Crippen LogP contribution in [0.2, 0.25) is 0 Å². The van der Waals surface area contributed by atoms with E-state index in [4.69, 9.17) is 0 Å². The molecule has 2 aromatic rings. The maximum atomic E-state index is 9.62. The van der Waals surface area contributed by atoms with Crippen LogP contribution in [0.1, 0.15) is 5.56 Å². The van der Waals surface area contributed by atoms with Gasteiger partial charge in [0.25, 0.3) is 0 Å². The van der Waals surface area contributed by atoms with E-state index in [1.807, 2.05) is 36.2 Å². The highest BCUT2D eigenvalue weighted by Crippen LogP contribution is 2.23. The molecule has 2 atom stereocenters. The molecule has 1 aliphatic heterocycles. The lowest BCUT2D eigenvalue weighted by molar-refractivity contribution is 0.0572. The summed E-state index contributed by atoms with van der Waals surface area (Å²) >= 11 is 0. The fourth-order valence-electron chi connectivity index (χ4n) is 2.71. The SMILES string of the molecule is CNc1nc2ccccc2cc1CN1CC(O)C(O)C1. The third-order valence-electron chi connectivity index (χ3n) is 3.77. The quantitative estimate of drug-likeness (QED) is 0.772. The number of hydrogen-bond donors (Lipinski definition) is 3. The van der Waals surface area contributed by atoms with E-state index in [2.05, 4.69) is 16.4 Å².